The number of carbonyl (C=O) groups excluding carboxylic acids is 1. The molecule has 2 heteroatoms. The van der Waals surface area contributed by atoms with E-state index >= 15 is 0 Å². The quantitative estimate of drug-likeness (QED) is 0.809. The van der Waals surface area contributed by atoms with Crippen molar-refractivity contribution in [3.05, 3.63) is 71.3 Å². The number of rotatable bonds is 6. The molecular formula is C21H23NO. The van der Waals surface area contributed by atoms with E-state index < -0.39 is 0 Å². The first-order chi connectivity index (χ1) is 11.3. The van der Waals surface area contributed by atoms with Crippen molar-refractivity contribution in [2.75, 3.05) is 6.54 Å². The Kier molecular flexibility index (Phi) is 6.94. The number of nitrogens with one attached hydrogen (secondary N) is 1. The molecule has 0 saturated carbocycles. The van der Waals surface area contributed by atoms with Gasteiger partial charge in [0.2, 0.25) is 5.91 Å². The highest BCUT2D eigenvalue weighted by molar-refractivity contribution is 5.78. The second-order valence-corrected chi connectivity index (χ2v) is 5.54. The summed E-state index contributed by atoms with van der Waals surface area (Å²) in [5.41, 5.74) is 3.34. The van der Waals surface area contributed by atoms with Gasteiger partial charge in [-0.3, -0.25) is 4.79 Å². The molecule has 0 saturated heterocycles. The molecule has 1 amide bonds. The van der Waals surface area contributed by atoms with Crippen molar-refractivity contribution in [2.24, 2.45) is 0 Å². The fraction of sp³-hybridized carbons (Fsp3) is 0.286. The van der Waals surface area contributed by atoms with Gasteiger partial charge in [-0.2, -0.15) is 0 Å². The van der Waals surface area contributed by atoms with Crippen LogP contribution in [-0.4, -0.2) is 12.5 Å². The Hall–Kier alpha value is -2.53. The van der Waals surface area contributed by atoms with E-state index in [1.165, 1.54) is 18.4 Å². The molecule has 0 heterocycles. The lowest BCUT2D eigenvalue weighted by Gasteiger charge is -2.04. The molecule has 2 aromatic rings. The molecule has 118 valence electrons. The highest BCUT2D eigenvalue weighted by Gasteiger charge is 2.02. The predicted molar refractivity (Wildman–Crippen MR) is 95.1 cm³/mol. The summed E-state index contributed by atoms with van der Waals surface area (Å²) in [6.07, 6.45) is 3.92. The highest BCUT2D eigenvalue weighted by atomic mass is 16.1. The third-order valence-corrected chi connectivity index (χ3v) is 3.59. The van der Waals surface area contributed by atoms with E-state index in [1.807, 2.05) is 42.5 Å². The van der Waals surface area contributed by atoms with Crippen LogP contribution in [0.2, 0.25) is 0 Å². The number of hydrogen-bond acceptors (Lipinski definition) is 1. The first kappa shape index (κ1) is 16.8. The lowest BCUT2D eigenvalue weighted by Crippen LogP contribution is -2.25. The van der Waals surface area contributed by atoms with Gasteiger partial charge in [-0.15, -0.1) is 0 Å². The molecule has 0 unspecified atom stereocenters. The van der Waals surface area contributed by atoms with Crippen molar-refractivity contribution in [1.82, 2.24) is 5.32 Å². The average molecular weight is 305 g/mol. The van der Waals surface area contributed by atoms with Crippen LogP contribution in [0.25, 0.3) is 0 Å². The maximum absolute atomic E-state index is 11.9. The van der Waals surface area contributed by atoms with E-state index in [0.29, 0.717) is 13.0 Å². The van der Waals surface area contributed by atoms with Gasteiger partial charge in [0.1, 0.15) is 0 Å². The van der Waals surface area contributed by atoms with Crippen LogP contribution >= 0.6 is 0 Å². The van der Waals surface area contributed by atoms with Crippen LogP contribution in [0, 0.1) is 11.8 Å². The number of benzene rings is 2. The Morgan fingerprint density at radius 3 is 2.39 bits per heavy atom. The summed E-state index contributed by atoms with van der Waals surface area (Å²) in [6.45, 7) is 2.57. The zero-order chi connectivity index (χ0) is 16.3. The number of carbonyl (C=O) groups is 1. The first-order valence-corrected chi connectivity index (χ1v) is 8.16. The fourth-order valence-electron chi connectivity index (χ4n) is 2.26. The van der Waals surface area contributed by atoms with Crippen LogP contribution in [-0.2, 0) is 17.6 Å². The number of amides is 1. The smallest absolute Gasteiger partial charge is 0.225 e. The Bertz CT molecular complexity index is 662. The molecule has 0 atom stereocenters. The van der Waals surface area contributed by atoms with E-state index in [4.69, 9.17) is 0 Å². The molecule has 0 radical (unpaired) electrons. The summed E-state index contributed by atoms with van der Waals surface area (Å²) >= 11 is 0. The molecule has 2 aromatic carbocycles. The Morgan fingerprint density at radius 2 is 1.70 bits per heavy atom. The van der Waals surface area contributed by atoms with Crippen LogP contribution in [0.3, 0.4) is 0 Å². The van der Waals surface area contributed by atoms with Gasteiger partial charge in [0.05, 0.1) is 13.0 Å². The van der Waals surface area contributed by atoms with Gasteiger partial charge in [0.15, 0.2) is 0 Å². The van der Waals surface area contributed by atoms with Crippen molar-refractivity contribution < 1.29 is 4.79 Å². The van der Waals surface area contributed by atoms with Crippen molar-refractivity contribution in [3.63, 3.8) is 0 Å². The van der Waals surface area contributed by atoms with Crippen LogP contribution in [0.15, 0.2) is 54.6 Å². The molecule has 0 bridgehead atoms. The van der Waals surface area contributed by atoms with Crippen molar-refractivity contribution in [3.8, 4) is 11.8 Å². The van der Waals surface area contributed by atoms with Gasteiger partial charge in [-0.25, -0.2) is 0 Å². The van der Waals surface area contributed by atoms with E-state index in [0.717, 1.165) is 17.5 Å². The lowest BCUT2D eigenvalue weighted by molar-refractivity contribution is -0.120. The van der Waals surface area contributed by atoms with Gasteiger partial charge in [-0.1, -0.05) is 67.6 Å². The average Bonchev–Trinajstić information content (AvgIpc) is 2.59. The van der Waals surface area contributed by atoms with E-state index in [1.54, 1.807) is 0 Å². The van der Waals surface area contributed by atoms with Gasteiger partial charge in [0.25, 0.3) is 0 Å². The van der Waals surface area contributed by atoms with Crippen LogP contribution in [0.1, 0.15) is 36.5 Å². The third-order valence-electron chi connectivity index (χ3n) is 3.59. The monoisotopic (exact) mass is 305 g/mol. The minimum absolute atomic E-state index is 0.00803. The molecule has 2 rings (SSSR count). The van der Waals surface area contributed by atoms with Crippen molar-refractivity contribution in [1.29, 1.82) is 0 Å². The highest BCUT2D eigenvalue weighted by Crippen LogP contribution is 2.08. The standard InChI is InChI=1S/C21H23NO/c1-2-3-8-19-12-14-20(15-13-19)17-21(23)22-16-7-11-18-9-5-4-6-10-18/h4-6,9-10,12-15H,2-3,8,16-17H2,1H3,(H,22,23). The minimum Gasteiger partial charge on any atom is -0.345 e. The lowest BCUT2D eigenvalue weighted by atomic mass is 10.0. The molecule has 1 N–H and O–H groups in total. The van der Waals surface area contributed by atoms with E-state index in [9.17, 15) is 4.79 Å². The molecule has 2 nitrogen and oxygen atoms in total. The number of hydrogen-bond donors (Lipinski definition) is 1. The molecule has 0 spiro atoms. The molecule has 0 aliphatic rings. The largest absolute Gasteiger partial charge is 0.345 e. The van der Waals surface area contributed by atoms with Gasteiger partial charge >= 0.3 is 0 Å². The maximum Gasteiger partial charge on any atom is 0.225 e. The third kappa shape index (κ3) is 6.40. The number of aryl methyl sites for hydroxylation is 1. The van der Waals surface area contributed by atoms with Crippen LogP contribution in [0.5, 0.6) is 0 Å². The molecule has 0 aliphatic carbocycles. The summed E-state index contributed by atoms with van der Waals surface area (Å²) in [7, 11) is 0. The Morgan fingerprint density at radius 1 is 1.00 bits per heavy atom. The van der Waals surface area contributed by atoms with Crippen LogP contribution in [0.4, 0.5) is 0 Å². The Balaban J connectivity index is 1.75. The fourth-order valence-corrected chi connectivity index (χ4v) is 2.26. The second-order valence-electron chi connectivity index (χ2n) is 5.54. The molecule has 0 aliphatic heterocycles. The maximum atomic E-state index is 11.9. The second kappa shape index (κ2) is 9.48. The van der Waals surface area contributed by atoms with Crippen molar-refractivity contribution >= 4 is 5.91 Å². The zero-order valence-electron chi connectivity index (χ0n) is 13.6. The topological polar surface area (TPSA) is 29.1 Å². The summed E-state index contributed by atoms with van der Waals surface area (Å²) in [4.78, 5) is 11.9. The normalized spacial score (nSPS) is 9.78. The minimum atomic E-state index is 0.00803. The van der Waals surface area contributed by atoms with Crippen molar-refractivity contribution in [2.45, 2.75) is 32.6 Å². The SMILES string of the molecule is CCCCc1ccc(CC(=O)NCC#Cc2ccccc2)cc1. The summed E-state index contributed by atoms with van der Waals surface area (Å²) in [5, 5.41) is 2.84. The molecule has 0 aromatic heterocycles. The molecule has 23 heavy (non-hydrogen) atoms. The molecule has 0 fully saturated rings. The van der Waals surface area contributed by atoms with E-state index in [-0.39, 0.29) is 5.91 Å². The van der Waals surface area contributed by atoms with Gasteiger partial charge in [0, 0.05) is 5.56 Å². The Labute approximate surface area is 138 Å². The number of unbranched alkanes of at least 4 members (excludes halogenated alkanes) is 1. The van der Waals surface area contributed by atoms with Gasteiger partial charge < -0.3 is 5.32 Å². The van der Waals surface area contributed by atoms with Crippen LogP contribution < -0.4 is 5.32 Å². The summed E-state index contributed by atoms with van der Waals surface area (Å²) in [5.74, 6) is 6.00. The first-order valence-electron chi connectivity index (χ1n) is 8.16. The zero-order valence-corrected chi connectivity index (χ0v) is 13.6. The molecular weight excluding hydrogens is 282 g/mol. The van der Waals surface area contributed by atoms with E-state index in [2.05, 4.69) is 36.2 Å². The van der Waals surface area contributed by atoms with Gasteiger partial charge in [-0.05, 0) is 36.1 Å². The predicted octanol–water partition coefficient (Wildman–Crippen LogP) is 3.74. The summed E-state index contributed by atoms with van der Waals surface area (Å²) < 4.78 is 0. The summed E-state index contributed by atoms with van der Waals surface area (Å²) in [6, 6.07) is 18.1.